The number of rotatable bonds is 5. The summed E-state index contributed by atoms with van der Waals surface area (Å²) in [5.74, 6) is 0.827. The molecule has 2 fully saturated rings. The summed E-state index contributed by atoms with van der Waals surface area (Å²) in [5.41, 5.74) is 0. The fraction of sp³-hybridized carbons (Fsp3) is 0.625. The second kappa shape index (κ2) is 6.67. The minimum Gasteiger partial charge on any atom is -0.497 e. The van der Waals surface area contributed by atoms with Gasteiger partial charge in [0.15, 0.2) is 0 Å². The van der Waals surface area contributed by atoms with E-state index in [9.17, 15) is 8.42 Å². The van der Waals surface area contributed by atoms with Crippen molar-refractivity contribution < 1.29 is 17.9 Å². The number of piperidine rings is 1. The van der Waals surface area contributed by atoms with Gasteiger partial charge in [0.25, 0.3) is 0 Å². The summed E-state index contributed by atoms with van der Waals surface area (Å²) in [6.07, 6.45) is 4.29. The van der Waals surface area contributed by atoms with Crippen LogP contribution in [0.1, 0.15) is 25.7 Å². The summed E-state index contributed by atoms with van der Waals surface area (Å²) < 4.78 is 38.9. The number of methoxy groups -OCH3 is 2. The maximum absolute atomic E-state index is 12.8. The summed E-state index contributed by atoms with van der Waals surface area (Å²) in [6, 6.07) is 5.10. The molecule has 6 nitrogen and oxygen atoms in total. The first-order valence-corrected chi connectivity index (χ1v) is 9.52. The molecule has 3 rings (SSSR count). The third-order valence-corrected chi connectivity index (χ3v) is 6.33. The molecule has 1 N–H and O–H groups in total. The Balaban J connectivity index is 1.84. The molecular weight excluding hydrogens is 316 g/mol. The van der Waals surface area contributed by atoms with Crippen LogP contribution >= 0.6 is 0 Å². The Hall–Kier alpha value is -1.31. The number of sulfonamides is 1. The normalized spacial score (nSPS) is 25.1. The lowest BCUT2D eigenvalue weighted by atomic mass is 10.00. The van der Waals surface area contributed by atoms with Crippen molar-refractivity contribution >= 4 is 10.0 Å². The van der Waals surface area contributed by atoms with Gasteiger partial charge in [0, 0.05) is 24.7 Å². The van der Waals surface area contributed by atoms with Gasteiger partial charge in [-0.3, -0.25) is 4.90 Å². The number of nitrogens with zero attached hydrogens (tertiary/aromatic N) is 1. The minimum atomic E-state index is -3.65. The zero-order valence-corrected chi connectivity index (χ0v) is 14.4. The maximum atomic E-state index is 12.8. The summed E-state index contributed by atoms with van der Waals surface area (Å²) in [4.78, 5) is 2.54. The molecule has 0 radical (unpaired) electrons. The number of nitrogens with one attached hydrogen (secondary N) is 1. The highest BCUT2D eigenvalue weighted by molar-refractivity contribution is 7.89. The van der Waals surface area contributed by atoms with Gasteiger partial charge in [-0.25, -0.2) is 13.1 Å². The molecular formula is C16H24N2O4S. The predicted molar refractivity (Wildman–Crippen MR) is 87.5 cm³/mol. The third kappa shape index (κ3) is 3.32. The highest BCUT2D eigenvalue weighted by Crippen LogP contribution is 2.31. The SMILES string of the molecule is COc1ccc(OC)c(S(=O)(=O)N[C@@H]2CCN3CCCC[C@H]23)c1. The molecule has 0 bridgehead atoms. The first-order chi connectivity index (χ1) is 11.0. The first-order valence-electron chi connectivity index (χ1n) is 8.03. The predicted octanol–water partition coefficient (Wildman–Crippen LogP) is 1.61. The van der Waals surface area contributed by atoms with Gasteiger partial charge in [-0.2, -0.15) is 0 Å². The van der Waals surface area contributed by atoms with E-state index in [1.54, 1.807) is 12.1 Å². The molecule has 0 unspecified atom stereocenters. The second-order valence-electron chi connectivity index (χ2n) is 6.13. The van der Waals surface area contributed by atoms with Crippen molar-refractivity contribution in [1.82, 2.24) is 9.62 Å². The van der Waals surface area contributed by atoms with Crippen molar-refractivity contribution in [3.8, 4) is 11.5 Å². The zero-order chi connectivity index (χ0) is 16.4. The van der Waals surface area contributed by atoms with E-state index in [1.807, 2.05) is 0 Å². The van der Waals surface area contributed by atoms with Crippen LogP contribution in [0.2, 0.25) is 0 Å². The smallest absolute Gasteiger partial charge is 0.244 e. The largest absolute Gasteiger partial charge is 0.497 e. The fourth-order valence-electron chi connectivity index (χ4n) is 3.64. The minimum absolute atomic E-state index is 0.0313. The Kier molecular flexibility index (Phi) is 4.79. The van der Waals surface area contributed by atoms with E-state index in [-0.39, 0.29) is 10.9 Å². The lowest BCUT2D eigenvalue weighted by Gasteiger charge is -2.32. The molecule has 1 aromatic carbocycles. The van der Waals surface area contributed by atoms with Crippen molar-refractivity contribution in [3.63, 3.8) is 0 Å². The molecule has 2 saturated heterocycles. The van der Waals surface area contributed by atoms with E-state index >= 15 is 0 Å². The van der Waals surface area contributed by atoms with E-state index in [1.165, 1.54) is 33.1 Å². The third-order valence-electron chi connectivity index (χ3n) is 4.82. The molecule has 1 aromatic rings. The molecule has 23 heavy (non-hydrogen) atoms. The standard InChI is InChI=1S/C16H24N2O4S/c1-21-12-6-7-15(22-2)16(11-12)23(19,20)17-13-8-10-18-9-4-3-5-14(13)18/h6-7,11,13-14,17H,3-5,8-10H2,1-2H3/t13-,14-/m1/s1. The van der Waals surface area contributed by atoms with E-state index in [4.69, 9.17) is 9.47 Å². The average Bonchev–Trinajstić information content (AvgIpc) is 2.97. The first kappa shape index (κ1) is 16.5. The Labute approximate surface area is 137 Å². The van der Waals surface area contributed by atoms with Crippen LogP contribution in [-0.4, -0.2) is 52.7 Å². The van der Waals surface area contributed by atoms with Crippen molar-refractivity contribution in [3.05, 3.63) is 18.2 Å². The number of benzene rings is 1. The maximum Gasteiger partial charge on any atom is 0.244 e. The van der Waals surface area contributed by atoms with Gasteiger partial charge >= 0.3 is 0 Å². The van der Waals surface area contributed by atoms with E-state index in [2.05, 4.69) is 9.62 Å². The van der Waals surface area contributed by atoms with Crippen molar-refractivity contribution in [2.45, 2.75) is 42.7 Å². The molecule has 2 aliphatic rings. The monoisotopic (exact) mass is 340 g/mol. The molecule has 7 heteroatoms. The van der Waals surface area contributed by atoms with Crippen LogP contribution in [0.15, 0.2) is 23.1 Å². The van der Waals surface area contributed by atoms with Gasteiger partial charge in [-0.05, 0) is 37.9 Å². The molecule has 2 heterocycles. The highest BCUT2D eigenvalue weighted by Gasteiger charge is 2.38. The molecule has 2 aliphatic heterocycles. The van der Waals surface area contributed by atoms with Crippen molar-refractivity contribution in [1.29, 1.82) is 0 Å². The lowest BCUT2D eigenvalue weighted by Crippen LogP contribution is -2.46. The Morgan fingerprint density at radius 3 is 2.70 bits per heavy atom. The Bertz CT molecular complexity index is 662. The summed E-state index contributed by atoms with van der Waals surface area (Å²) in [6.45, 7) is 2.04. The average molecular weight is 340 g/mol. The van der Waals surface area contributed by atoms with Crippen LogP contribution in [0.3, 0.4) is 0 Å². The van der Waals surface area contributed by atoms with Gasteiger partial charge in [0.05, 0.1) is 14.2 Å². The molecule has 0 aliphatic carbocycles. The number of hydrogen-bond donors (Lipinski definition) is 1. The van der Waals surface area contributed by atoms with Crippen LogP contribution in [0, 0.1) is 0 Å². The van der Waals surface area contributed by atoms with E-state index in [0.29, 0.717) is 17.5 Å². The molecule has 0 spiro atoms. The van der Waals surface area contributed by atoms with Gasteiger partial charge < -0.3 is 9.47 Å². The van der Waals surface area contributed by atoms with E-state index < -0.39 is 10.0 Å². The summed E-state index contributed by atoms with van der Waals surface area (Å²) >= 11 is 0. The number of ether oxygens (including phenoxy) is 2. The highest BCUT2D eigenvalue weighted by atomic mass is 32.2. The topological polar surface area (TPSA) is 67.9 Å². The van der Waals surface area contributed by atoms with Crippen LogP contribution in [0.25, 0.3) is 0 Å². The number of fused-ring (bicyclic) bond motifs is 1. The van der Waals surface area contributed by atoms with Crippen LogP contribution in [0.4, 0.5) is 0 Å². The zero-order valence-electron chi connectivity index (χ0n) is 13.6. The van der Waals surface area contributed by atoms with Crippen LogP contribution in [-0.2, 0) is 10.0 Å². The van der Waals surface area contributed by atoms with Crippen LogP contribution in [0.5, 0.6) is 11.5 Å². The fourth-order valence-corrected chi connectivity index (χ4v) is 5.13. The van der Waals surface area contributed by atoms with E-state index in [0.717, 1.165) is 25.9 Å². The van der Waals surface area contributed by atoms with Crippen molar-refractivity contribution in [2.75, 3.05) is 27.3 Å². The summed E-state index contributed by atoms with van der Waals surface area (Å²) in [7, 11) is -0.663. The Morgan fingerprint density at radius 2 is 1.96 bits per heavy atom. The molecule has 0 saturated carbocycles. The van der Waals surface area contributed by atoms with Gasteiger partial charge in [0.1, 0.15) is 16.4 Å². The quantitative estimate of drug-likeness (QED) is 0.882. The second-order valence-corrected chi connectivity index (χ2v) is 7.81. The van der Waals surface area contributed by atoms with Crippen molar-refractivity contribution in [2.24, 2.45) is 0 Å². The summed E-state index contributed by atoms with van der Waals surface area (Å²) in [5, 5.41) is 0. The van der Waals surface area contributed by atoms with Gasteiger partial charge in [-0.1, -0.05) is 6.42 Å². The van der Waals surface area contributed by atoms with Gasteiger partial charge in [-0.15, -0.1) is 0 Å². The Morgan fingerprint density at radius 1 is 1.13 bits per heavy atom. The molecule has 2 atom stereocenters. The lowest BCUT2D eigenvalue weighted by molar-refractivity contribution is 0.186. The number of hydrogen-bond acceptors (Lipinski definition) is 5. The molecule has 0 amide bonds. The molecule has 0 aromatic heterocycles. The molecule has 128 valence electrons. The van der Waals surface area contributed by atoms with Crippen LogP contribution < -0.4 is 14.2 Å². The van der Waals surface area contributed by atoms with Gasteiger partial charge in [0.2, 0.25) is 10.0 Å².